The fourth-order valence-corrected chi connectivity index (χ4v) is 6.55. The minimum atomic E-state index is 0.0266. The molecule has 1 aliphatic carbocycles. The predicted octanol–water partition coefficient (Wildman–Crippen LogP) is 4.00. The van der Waals surface area contributed by atoms with Gasteiger partial charge >= 0.3 is 6.03 Å². The van der Waals surface area contributed by atoms with Crippen LogP contribution in [0.1, 0.15) is 55.6 Å². The molecule has 164 valence electrons. The van der Waals surface area contributed by atoms with E-state index in [1.54, 1.807) is 11.3 Å². The Labute approximate surface area is 186 Å². The van der Waals surface area contributed by atoms with Gasteiger partial charge in [0.25, 0.3) is 5.91 Å². The highest BCUT2D eigenvalue weighted by Gasteiger charge is 2.27. The van der Waals surface area contributed by atoms with Crippen LogP contribution in [0.3, 0.4) is 0 Å². The molecule has 2 fully saturated rings. The average Bonchev–Trinajstić information content (AvgIpc) is 3.34. The summed E-state index contributed by atoms with van der Waals surface area (Å²) in [5.41, 5.74) is 0. The largest absolute Gasteiger partial charge is 0.349 e. The highest BCUT2D eigenvalue weighted by molar-refractivity contribution is 7.29. The first kappa shape index (κ1) is 21.4. The van der Waals surface area contributed by atoms with Gasteiger partial charge in [-0.2, -0.15) is 0 Å². The van der Waals surface area contributed by atoms with Gasteiger partial charge in [-0.15, -0.1) is 11.3 Å². The lowest BCUT2D eigenvalue weighted by atomic mass is 9.96. The number of amides is 3. The first-order chi connectivity index (χ1) is 14.6. The molecule has 30 heavy (non-hydrogen) atoms. The first-order valence-electron chi connectivity index (χ1n) is 11.1. The van der Waals surface area contributed by atoms with Crippen molar-refractivity contribution in [3.63, 3.8) is 0 Å². The second kappa shape index (κ2) is 9.51. The van der Waals surface area contributed by atoms with Gasteiger partial charge in [-0.25, -0.2) is 9.78 Å². The Kier molecular flexibility index (Phi) is 6.77. The number of aromatic nitrogens is 1. The number of nitrogens with one attached hydrogen (secondary N) is 1. The molecule has 2 aromatic heterocycles. The van der Waals surface area contributed by atoms with Gasteiger partial charge in [0, 0.05) is 45.3 Å². The Morgan fingerprint density at radius 3 is 2.37 bits per heavy atom. The van der Waals surface area contributed by atoms with Crippen LogP contribution >= 0.6 is 22.7 Å². The molecule has 3 heterocycles. The number of nitrogens with zero attached hydrogens (tertiary/aromatic N) is 4. The zero-order valence-corrected chi connectivity index (χ0v) is 19.5. The fraction of sp³-hybridized carbons (Fsp3) is 0.667. The molecule has 0 bridgehead atoms. The zero-order chi connectivity index (χ0) is 21.1. The lowest BCUT2D eigenvalue weighted by Gasteiger charge is -2.35. The summed E-state index contributed by atoms with van der Waals surface area (Å²) >= 11 is 3.13. The molecular formula is C21H31N5O2S2. The topological polar surface area (TPSA) is 68.8 Å². The molecule has 0 unspecified atom stereocenters. The molecule has 0 spiro atoms. The Balaban J connectivity index is 1.32. The van der Waals surface area contributed by atoms with Gasteiger partial charge in [-0.3, -0.25) is 4.79 Å². The summed E-state index contributed by atoms with van der Waals surface area (Å²) in [5, 5.41) is 4.20. The average molecular weight is 450 g/mol. The van der Waals surface area contributed by atoms with Gasteiger partial charge in [0.2, 0.25) is 0 Å². The summed E-state index contributed by atoms with van der Waals surface area (Å²) in [6.07, 6.45) is 5.86. The van der Waals surface area contributed by atoms with Crippen LogP contribution in [0.2, 0.25) is 0 Å². The third-order valence-corrected chi connectivity index (χ3v) is 8.32. The van der Waals surface area contributed by atoms with Crippen molar-refractivity contribution in [2.75, 3.05) is 44.2 Å². The van der Waals surface area contributed by atoms with Crippen LogP contribution in [0, 0.1) is 0 Å². The van der Waals surface area contributed by atoms with Crippen LogP contribution in [0.25, 0.3) is 9.53 Å². The number of rotatable bonds is 5. The van der Waals surface area contributed by atoms with E-state index < -0.39 is 0 Å². The Morgan fingerprint density at radius 2 is 1.73 bits per heavy atom. The molecule has 1 N–H and O–H groups in total. The first-order valence-corrected chi connectivity index (χ1v) is 12.7. The number of piperazine rings is 1. The van der Waals surface area contributed by atoms with E-state index in [9.17, 15) is 9.59 Å². The third kappa shape index (κ3) is 4.56. The number of carbonyl (C=O) groups excluding carboxylic acids is 2. The van der Waals surface area contributed by atoms with E-state index in [1.807, 2.05) is 15.9 Å². The highest BCUT2D eigenvalue weighted by Crippen LogP contribution is 2.35. The molecule has 7 nitrogen and oxygen atoms in total. The molecule has 1 aliphatic heterocycles. The molecule has 4 rings (SSSR count). The number of thiazole rings is 1. The predicted molar refractivity (Wildman–Crippen MR) is 124 cm³/mol. The van der Waals surface area contributed by atoms with E-state index in [1.165, 1.54) is 30.6 Å². The van der Waals surface area contributed by atoms with Crippen LogP contribution in [-0.2, 0) is 0 Å². The maximum Gasteiger partial charge on any atom is 0.317 e. The normalized spacial score (nSPS) is 18.1. The van der Waals surface area contributed by atoms with Crippen LogP contribution in [-0.4, -0.2) is 72.0 Å². The van der Waals surface area contributed by atoms with Crippen molar-refractivity contribution in [2.45, 2.75) is 52.0 Å². The Bertz CT molecular complexity index is 846. The fourth-order valence-electron chi connectivity index (χ4n) is 4.24. The number of hydrogen-bond donors (Lipinski definition) is 1. The number of hydrogen-bond acceptors (Lipinski definition) is 6. The van der Waals surface area contributed by atoms with Gasteiger partial charge in [-0.05, 0) is 32.8 Å². The van der Waals surface area contributed by atoms with E-state index >= 15 is 0 Å². The van der Waals surface area contributed by atoms with Gasteiger partial charge in [-0.1, -0.05) is 30.6 Å². The number of carbonyl (C=O) groups is 2. The van der Waals surface area contributed by atoms with Gasteiger partial charge < -0.3 is 20.0 Å². The quantitative estimate of drug-likeness (QED) is 0.749. The van der Waals surface area contributed by atoms with Crippen LogP contribution in [0.4, 0.5) is 9.93 Å². The number of fused-ring (bicyclic) bond motifs is 1. The number of anilines is 1. The van der Waals surface area contributed by atoms with Gasteiger partial charge in [0.1, 0.15) is 4.83 Å². The summed E-state index contributed by atoms with van der Waals surface area (Å²) in [7, 11) is 0. The van der Waals surface area contributed by atoms with Crippen LogP contribution in [0.5, 0.6) is 0 Å². The van der Waals surface area contributed by atoms with Crippen molar-refractivity contribution in [1.82, 2.24) is 20.1 Å². The Hall–Kier alpha value is -1.87. The number of urea groups is 1. The smallest absolute Gasteiger partial charge is 0.317 e. The van der Waals surface area contributed by atoms with E-state index in [0.29, 0.717) is 32.2 Å². The lowest BCUT2D eigenvalue weighted by Crippen LogP contribution is -2.54. The molecule has 0 aromatic carbocycles. The van der Waals surface area contributed by atoms with E-state index in [4.69, 9.17) is 4.98 Å². The lowest BCUT2D eigenvalue weighted by molar-refractivity contribution is 0.0667. The molecule has 3 amide bonds. The zero-order valence-electron chi connectivity index (χ0n) is 17.9. The number of thiophene rings is 1. The van der Waals surface area contributed by atoms with Crippen LogP contribution in [0.15, 0.2) is 6.07 Å². The summed E-state index contributed by atoms with van der Waals surface area (Å²) < 4.78 is 1.08. The van der Waals surface area contributed by atoms with E-state index in [-0.39, 0.29) is 11.9 Å². The summed E-state index contributed by atoms with van der Waals surface area (Å²) in [6, 6.07) is 2.33. The molecule has 1 saturated carbocycles. The molecule has 2 aliphatic rings. The van der Waals surface area contributed by atoms with E-state index in [0.717, 1.165) is 45.5 Å². The monoisotopic (exact) mass is 449 g/mol. The second-order valence-corrected chi connectivity index (χ2v) is 10.1. The van der Waals surface area contributed by atoms with Gasteiger partial charge in [0.05, 0.1) is 9.58 Å². The van der Waals surface area contributed by atoms with Crippen molar-refractivity contribution in [2.24, 2.45) is 0 Å². The van der Waals surface area contributed by atoms with Crippen molar-refractivity contribution >= 4 is 49.3 Å². The van der Waals surface area contributed by atoms with Crippen LogP contribution < -0.4 is 10.2 Å². The molecule has 1 saturated heterocycles. The summed E-state index contributed by atoms with van der Waals surface area (Å²) in [5.74, 6) is 0.0573. The Morgan fingerprint density at radius 1 is 1.07 bits per heavy atom. The van der Waals surface area contributed by atoms with Crippen molar-refractivity contribution in [1.29, 1.82) is 0 Å². The molecule has 0 atom stereocenters. The third-order valence-electron chi connectivity index (χ3n) is 6.11. The molecular weight excluding hydrogens is 418 g/mol. The SMILES string of the molecule is CCN(CC)c1nc2sc(C(=O)N3CCN(C(=O)NC4CCCCC4)CC3)cc2s1. The van der Waals surface area contributed by atoms with Gasteiger partial charge in [0.15, 0.2) is 5.13 Å². The molecule has 0 radical (unpaired) electrons. The van der Waals surface area contributed by atoms with Crippen molar-refractivity contribution in [3.8, 4) is 0 Å². The minimum Gasteiger partial charge on any atom is -0.349 e. The summed E-state index contributed by atoms with van der Waals surface area (Å²) in [6.45, 7) is 8.47. The molecule has 9 heteroatoms. The highest BCUT2D eigenvalue weighted by atomic mass is 32.1. The maximum absolute atomic E-state index is 13.0. The maximum atomic E-state index is 13.0. The minimum absolute atomic E-state index is 0.0266. The standard InChI is InChI=1S/C21H31N5O2S2/c1-3-24(4-2)21-23-18-16(30-21)14-17(29-18)19(27)25-10-12-26(13-11-25)20(28)22-15-8-6-5-7-9-15/h14-15H,3-13H2,1-2H3,(H,22,28). The van der Waals surface area contributed by atoms with Crippen molar-refractivity contribution in [3.05, 3.63) is 10.9 Å². The molecule has 2 aromatic rings. The van der Waals surface area contributed by atoms with Crippen molar-refractivity contribution < 1.29 is 9.59 Å². The second-order valence-electron chi connectivity index (χ2n) is 8.01. The van der Waals surface area contributed by atoms with E-state index in [2.05, 4.69) is 24.1 Å². The summed E-state index contributed by atoms with van der Waals surface area (Å²) in [4.78, 5) is 37.9.